The first kappa shape index (κ1) is 23.2. The summed E-state index contributed by atoms with van der Waals surface area (Å²) in [4.78, 5) is 11.0. The molecule has 6 nitrogen and oxygen atoms in total. The Labute approximate surface area is 199 Å². The molecule has 34 heavy (non-hydrogen) atoms. The number of nitrogens with zero attached hydrogens (tertiary/aromatic N) is 2. The Morgan fingerprint density at radius 2 is 1.24 bits per heavy atom. The molecule has 0 saturated heterocycles. The van der Waals surface area contributed by atoms with Gasteiger partial charge >= 0.3 is 5.97 Å². The highest BCUT2D eigenvalue weighted by molar-refractivity contribution is 5.88. The van der Waals surface area contributed by atoms with Crippen molar-refractivity contribution >= 4 is 5.97 Å². The third kappa shape index (κ3) is 5.90. The largest absolute Gasteiger partial charge is 0.494 e. The minimum atomic E-state index is -0.974. The highest BCUT2D eigenvalue weighted by Gasteiger charge is 2.12. The van der Waals surface area contributed by atoms with Crippen molar-refractivity contribution in [3.05, 3.63) is 78.4 Å². The van der Waals surface area contributed by atoms with Crippen molar-refractivity contribution in [3.8, 4) is 39.8 Å². The van der Waals surface area contributed by atoms with Crippen LogP contribution in [0.3, 0.4) is 0 Å². The Balaban J connectivity index is 1.36. The second-order valence-electron chi connectivity index (χ2n) is 8.16. The van der Waals surface area contributed by atoms with Gasteiger partial charge in [-0.15, -0.1) is 10.2 Å². The topological polar surface area (TPSA) is 85.5 Å². The molecule has 0 spiro atoms. The molecule has 0 saturated carbocycles. The van der Waals surface area contributed by atoms with Crippen molar-refractivity contribution in [2.75, 3.05) is 6.61 Å². The monoisotopic (exact) mass is 456 g/mol. The van der Waals surface area contributed by atoms with Crippen LogP contribution in [0.5, 0.6) is 5.75 Å². The van der Waals surface area contributed by atoms with Crippen molar-refractivity contribution in [2.24, 2.45) is 0 Å². The van der Waals surface area contributed by atoms with Gasteiger partial charge in [0.05, 0.1) is 12.2 Å². The van der Waals surface area contributed by atoms with Gasteiger partial charge in [-0.05, 0) is 66.1 Å². The molecule has 0 aliphatic carbocycles. The van der Waals surface area contributed by atoms with Gasteiger partial charge in [-0.3, -0.25) is 0 Å². The van der Waals surface area contributed by atoms with Gasteiger partial charge in [-0.1, -0.05) is 56.9 Å². The molecule has 1 heterocycles. The maximum atomic E-state index is 11.0. The van der Waals surface area contributed by atoms with Gasteiger partial charge in [0.25, 0.3) is 0 Å². The van der Waals surface area contributed by atoms with Crippen molar-refractivity contribution in [3.63, 3.8) is 0 Å². The van der Waals surface area contributed by atoms with E-state index in [2.05, 4.69) is 29.3 Å². The van der Waals surface area contributed by atoms with Gasteiger partial charge in [-0.2, -0.15) is 0 Å². The van der Waals surface area contributed by atoms with Crippen molar-refractivity contribution in [1.29, 1.82) is 0 Å². The maximum Gasteiger partial charge on any atom is 0.335 e. The number of aromatic carboxylic acids is 1. The second-order valence-corrected chi connectivity index (χ2v) is 8.16. The second kappa shape index (κ2) is 11.3. The van der Waals surface area contributed by atoms with Gasteiger partial charge < -0.3 is 14.3 Å². The lowest BCUT2D eigenvalue weighted by Crippen LogP contribution is -1.97. The first-order valence-corrected chi connectivity index (χ1v) is 11.6. The summed E-state index contributed by atoms with van der Waals surface area (Å²) in [5.74, 6) is 0.673. The molecule has 0 atom stereocenters. The molecule has 0 radical (unpaired) electrons. The Morgan fingerprint density at radius 1 is 0.735 bits per heavy atom. The minimum absolute atomic E-state index is 0.209. The first-order valence-electron chi connectivity index (χ1n) is 11.6. The smallest absolute Gasteiger partial charge is 0.335 e. The fraction of sp³-hybridized carbons (Fsp3) is 0.250. The van der Waals surface area contributed by atoms with E-state index >= 15 is 0 Å². The number of hydrogen-bond acceptors (Lipinski definition) is 5. The Bertz CT molecular complexity index is 1200. The number of carboxylic acid groups (broad SMARTS) is 1. The minimum Gasteiger partial charge on any atom is -0.494 e. The number of carboxylic acids is 1. The van der Waals surface area contributed by atoms with E-state index in [1.807, 2.05) is 36.4 Å². The molecule has 6 heteroatoms. The van der Waals surface area contributed by atoms with Crippen molar-refractivity contribution in [2.45, 2.75) is 39.0 Å². The number of aromatic nitrogens is 2. The van der Waals surface area contributed by atoms with Gasteiger partial charge in [0.2, 0.25) is 11.8 Å². The number of ether oxygens (including phenoxy) is 1. The van der Waals surface area contributed by atoms with E-state index in [9.17, 15) is 4.79 Å². The number of carbonyl (C=O) groups is 1. The van der Waals surface area contributed by atoms with Gasteiger partial charge in [0.1, 0.15) is 5.75 Å². The van der Waals surface area contributed by atoms with E-state index in [1.54, 1.807) is 12.1 Å². The first-order chi connectivity index (χ1) is 16.6. The normalized spacial score (nSPS) is 10.9. The summed E-state index contributed by atoms with van der Waals surface area (Å²) >= 11 is 0. The quantitative estimate of drug-likeness (QED) is 0.242. The van der Waals surface area contributed by atoms with E-state index in [0.29, 0.717) is 17.3 Å². The molecule has 4 aromatic rings. The predicted octanol–water partition coefficient (Wildman–Crippen LogP) is 7.12. The zero-order valence-electron chi connectivity index (χ0n) is 19.2. The average Bonchev–Trinajstić information content (AvgIpc) is 3.37. The van der Waals surface area contributed by atoms with Crippen LogP contribution in [0.2, 0.25) is 0 Å². The van der Waals surface area contributed by atoms with E-state index in [-0.39, 0.29) is 5.56 Å². The standard InChI is InChI=1S/C28H28N2O4/c1-2-3-4-5-6-19-33-25-17-15-21(16-18-25)20-7-9-22(10-8-20)26-29-30-27(34-26)23-11-13-24(14-12-23)28(31)32/h7-18H,2-6,19H2,1H3,(H,31,32). The van der Waals surface area contributed by atoms with Crippen molar-refractivity contribution in [1.82, 2.24) is 10.2 Å². The van der Waals surface area contributed by atoms with Gasteiger partial charge in [0.15, 0.2) is 0 Å². The SMILES string of the molecule is CCCCCCCOc1ccc(-c2ccc(-c3nnc(-c4ccc(C(=O)O)cc4)o3)cc2)cc1. The van der Waals surface area contributed by atoms with Crippen LogP contribution >= 0.6 is 0 Å². The highest BCUT2D eigenvalue weighted by Crippen LogP contribution is 2.28. The maximum absolute atomic E-state index is 11.0. The summed E-state index contributed by atoms with van der Waals surface area (Å²) in [6, 6.07) is 22.4. The van der Waals surface area contributed by atoms with E-state index < -0.39 is 5.97 Å². The molecule has 4 rings (SSSR count). The molecule has 0 unspecified atom stereocenters. The van der Waals surface area contributed by atoms with Crippen LogP contribution in [0.15, 0.2) is 77.2 Å². The molecule has 174 valence electrons. The summed E-state index contributed by atoms with van der Waals surface area (Å²) < 4.78 is 11.7. The molecule has 0 aliphatic rings. The van der Waals surface area contributed by atoms with Crippen LogP contribution in [-0.2, 0) is 0 Å². The molecular weight excluding hydrogens is 428 g/mol. The number of benzene rings is 3. The Hall–Kier alpha value is -3.93. The summed E-state index contributed by atoms with van der Waals surface area (Å²) in [5.41, 5.74) is 3.88. The summed E-state index contributed by atoms with van der Waals surface area (Å²) in [5, 5.41) is 17.3. The number of hydrogen-bond donors (Lipinski definition) is 1. The Morgan fingerprint density at radius 3 is 1.79 bits per heavy atom. The summed E-state index contributed by atoms with van der Waals surface area (Å²) in [6.07, 6.45) is 6.14. The van der Waals surface area contributed by atoms with E-state index in [0.717, 1.165) is 35.5 Å². The third-order valence-corrected chi connectivity index (χ3v) is 5.64. The van der Waals surface area contributed by atoms with E-state index in [1.165, 1.54) is 37.8 Å². The zero-order valence-corrected chi connectivity index (χ0v) is 19.2. The average molecular weight is 457 g/mol. The molecule has 3 aromatic carbocycles. The highest BCUT2D eigenvalue weighted by atomic mass is 16.5. The molecular formula is C28H28N2O4. The van der Waals surface area contributed by atoms with Crippen LogP contribution < -0.4 is 4.74 Å². The van der Waals surface area contributed by atoms with Crippen LogP contribution in [0.4, 0.5) is 0 Å². The fourth-order valence-corrected chi connectivity index (χ4v) is 3.66. The number of unbranched alkanes of at least 4 members (excludes halogenated alkanes) is 4. The van der Waals surface area contributed by atoms with Crippen LogP contribution in [-0.4, -0.2) is 27.9 Å². The Kier molecular flexibility index (Phi) is 7.71. The van der Waals surface area contributed by atoms with Gasteiger partial charge in [-0.25, -0.2) is 4.79 Å². The lowest BCUT2D eigenvalue weighted by atomic mass is 10.0. The van der Waals surface area contributed by atoms with Crippen molar-refractivity contribution < 1.29 is 19.1 Å². The molecule has 0 amide bonds. The van der Waals surface area contributed by atoms with E-state index in [4.69, 9.17) is 14.3 Å². The lowest BCUT2D eigenvalue weighted by Gasteiger charge is -2.08. The van der Waals surface area contributed by atoms with Crippen LogP contribution in [0.25, 0.3) is 34.0 Å². The molecule has 1 N–H and O–H groups in total. The molecule has 0 fully saturated rings. The lowest BCUT2D eigenvalue weighted by molar-refractivity contribution is 0.0697. The fourth-order valence-electron chi connectivity index (χ4n) is 3.66. The van der Waals surface area contributed by atoms with Crippen LogP contribution in [0, 0.1) is 0 Å². The predicted molar refractivity (Wildman–Crippen MR) is 132 cm³/mol. The molecule has 0 bridgehead atoms. The number of rotatable bonds is 11. The van der Waals surface area contributed by atoms with Gasteiger partial charge in [0, 0.05) is 11.1 Å². The molecule has 0 aliphatic heterocycles. The summed E-state index contributed by atoms with van der Waals surface area (Å²) in [6.45, 7) is 2.98. The van der Waals surface area contributed by atoms with Crippen LogP contribution in [0.1, 0.15) is 49.4 Å². The third-order valence-electron chi connectivity index (χ3n) is 5.64. The summed E-state index contributed by atoms with van der Waals surface area (Å²) in [7, 11) is 0. The molecule has 1 aromatic heterocycles. The zero-order chi connectivity index (χ0) is 23.8.